The predicted molar refractivity (Wildman–Crippen MR) is 112 cm³/mol. The van der Waals surface area contributed by atoms with Crippen molar-refractivity contribution in [2.24, 2.45) is 0 Å². The maximum absolute atomic E-state index is 12.2. The summed E-state index contributed by atoms with van der Waals surface area (Å²) >= 11 is 0. The molecule has 0 aliphatic heterocycles. The standard InChI is InChI=1S/C24H27NO3/c1-16(2)28-24(26)15-20-14-23(19-8-6-17(3)7-9-19)25(18(20)4)21-10-12-22(27-5)13-11-21/h6-14,16H,15H2,1-5H3. The highest BCUT2D eigenvalue weighted by molar-refractivity contribution is 5.75. The molecule has 0 aliphatic carbocycles. The molecule has 1 heterocycles. The van der Waals surface area contributed by atoms with Gasteiger partial charge in [-0.3, -0.25) is 4.79 Å². The van der Waals surface area contributed by atoms with E-state index in [1.54, 1.807) is 7.11 Å². The Bertz CT molecular complexity index is 951. The molecule has 0 N–H and O–H groups in total. The Hall–Kier alpha value is -3.01. The second kappa shape index (κ2) is 8.34. The molecule has 3 aromatic rings. The minimum atomic E-state index is -0.208. The predicted octanol–water partition coefficient (Wildman–Crippen LogP) is 5.26. The van der Waals surface area contributed by atoms with Gasteiger partial charge in [-0.25, -0.2) is 0 Å². The molecule has 1 aromatic heterocycles. The first-order valence-corrected chi connectivity index (χ1v) is 9.51. The van der Waals surface area contributed by atoms with Crippen molar-refractivity contribution in [1.29, 1.82) is 0 Å². The fraction of sp³-hybridized carbons (Fsp3) is 0.292. The lowest BCUT2D eigenvalue weighted by atomic mass is 10.1. The molecule has 4 nitrogen and oxygen atoms in total. The molecule has 0 bridgehead atoms. The number of esters is 1. The van der Waals surface area contributed by atoms with E-state index < -0.39 is 0 Å². The number of aromatic nitrogens is 1. The van der Waals surface area contributed by atoms with Gasteiger partial charge < -0.3 is 14.0 Å². The summed E-state index contributed by atoms with van der Waals surface area (Å²) in [6.07, 6.45) is 0.138. The lowest BCUT2D eigenvalue weighted by molar-refractivity contribution is -0.146. The first-order valence-electron chi connectivity index (χ1n) is 9.51. The van der Waals surface area contributed by atoms with Gasteiger partial charge in [0.05, 0.1) is 25.3 Å². The van der Waals surface area contributed by atoms with Gasteiger partial charge in [0.25, 0.3) is 0 Å². The van der Waals surface area contributed by atoms with Crippen LogP contribution in [0.1, 0.15) is 30.7 Å². The monoisotopic (exact) mass is 377 g/mol. The summed E-state index contributed by atoms with van der Waals surface area (Å²) in [5, 5.41) is 0. The Morgan fingerprint density at radius 1 is 1.00 bits per heavy atom. The van der Waals surface area contributed by atoms with Crippen molar-refractivity contribution in [3.63, 3.8) is 0 Å². The first kappa shape index (κ1) is 19.7. The number of carbonyl (C=O) groups excluding carboxylic acids is 1. The normalized spacial score (nSPS) is 10.9. The van der Waals surface area contributed by atoms with Crippen LogP contribution in [-0.2, 0) is 16.0 Å². The molecule has 0 unspecified atom stereocenters. The Balaban J connectivity index is 2.08. The van der Waals surface area contributed by atoms with Crippen LogP contribution in [-0.4, -0.2) is 23.8 Å². The molecule has 3 rings (SSSR count). The van der Waals surface area contributed by atoms with E-state index in [0.717, 1.165) is 34.0 Å². The van der Waals surface area contributed by atoms with E-state index in [9.17, 15) is 4.79 Å². The summed E-state index contributed by atoms with van der Waals surface area (Å²) in [4.78, 5) is 12.2. The maximum atomic E-state index is 12.2. The summed E-state index contributed by atoms with van der Waals surface area (Å²) in [6.45, 7) is 7.85. The molecule has 0 aliphatic rings. The molecule has 28 heavy (non-hydrogen) atoms. The van der Waals surface area contributed by atoms with Crippen LogP contribution in [0.15, 0.2) is 54.6 Å². The van der Waals surface area contributed by atoms with Crippen LogP contribution in [0.5, 0.6) is 5.75 Å². The van der Waals surface area contributed by atoms with Crippen molar-refractivity contribution in [2.45, 2.75) is 40.2 Å². The van der Waals surface area contributed by atoms with Gasteiger partial charge in [-0.05, 0) is 69.2 Å². The number of aryl methyl sites for hydroxylation is 1. The maximum Gasteiger partial charge on any atom is 0.310 e. The molecule has 4 heteroatoms. The average molecular weight is 377 g/mol. The fourth-order valence-electron chi connectivity index (χ4n) is 3.30. The third-order valence-electron chi connectivity index (χ3n) is 4.73. The van der Waals surface area contributed by atoms with Crippen molar-refractivity contribution in [1.82, 2.24) is 4.57 Å². The van der Waals surface area contributed by atoms with Crippen molar-refractivity contribution in [2.75, 3.05) is 7.11 Å². The van der Waals surface area contributed by atoms with Crippen LogP contribution < -0.4 is 4.74 Å². The van der Waals surface area contributed by atoms with Crippen LogP contribution in [0.2, 0.25) is 0 Å². The zero-order valence-electron chi connectivity index (χ0n) is 17.2. The molecule has 2 aromatic carbocycles. The largest absolute Gasteiger partial charge is 0.497 e. The van der Waals surface area contributed by atoms with Crippen molar-refractivity contribution < 1.29 is 14.3 Å². The Labute approximate surface area is 166 Å². The minimum Gasteiger partial charge on any atom is -0.497 e. The Morgan fingerprint density at radius 2 is 1.64 bits per heavy atom. The fourth-order valence-corrected chi connectivity index (χ4v) is 3.30. The Morgan fingerprint density at radius 3 is 2.21 bits per heavy atom. The van der Waals surface area contributed by atoms with Gasteiger partial charge in [-0.15, -0.1) is 0 Å². The summed E-state index contributed by atoms with van der Waals surface area (Å²) in [6, 6.07) is 18.5. The quantitative estimate of drug-likeness (QED) is 0.550. The second-order valence-electron chi connectivity index (χ2n) is 7.26. The number of nitrogens with zero attached hydrogens (tertiary/aromatic N) is 1. The van der Waals surface area contributed by atoms with E-state index in [0.29, 0.717) is 0 Å². The summed E-state index contributed by atoms with van der Waals surface area (Å²) in [5.74, 6) is 0.603. The molecular formula is C24H27NO3. The number of methoxy groups -OCH3 is 1. The minimum absolute atomic E-state index is 0.118. The summed E-state index contributed by atoms with van der Waals surface area (Å²) < 4.78 is 12.8. The number of ether oxygens (including phenoxy) is 2. The highest BCUT2D eigenvalue weighted by Crippen LogP contribution is 2.31. The lowest BCUT2D eigenvalue weighted by Gasteiger charge is -2.13. The third-order valence-corrected chi connectivity index (χ3v) is 4.73. The van der Waals surface area contributed by atoms with Gasteiger partial charge in [-0.2, -0.15) is 0 Å². The van der Waals surface area contributed by atoms with Gasteiger partial charge in [0.2, 0.25) is 0 Å². The molecule has 146 valence electrons. The molecule has 0 saturated carbocycles. The summed E-state index contributed by atoms with van der Waals surface area (Å²) in [5.41, 5.74) is 6.39. The molecule has 0 saturated heterocycles. The van der Waals surface area contributed by atoms with E-state index in [1.807, 2.05) is 45.0 Å². The number of carbonyl (C=O) groups is 1. The SMILES string of the molecule is COc1ccc(-n2c(-c3ccc(C)cc3)cc(CC(=O)OC(C)C)c2C)cc1. The van der Waals surface area contributed by atoms with Crippen LogP contribution in [0, 0.1) is 13.8 Å². The van der Waals surface area contributed by atoms with Crippen LogP contribution in [0.4, 0.5) is 0 Å². The van der Waals surface area contributed by atoms with E-state index in [2.05, 4.69) is 41.8 Å². The molecular weight excluding hydrogens is 350 g/mol. The second-order valence-corrected chi connectivity index (χ2v) is 7.26. The Kier molecular flexibility index (Phi) is 5.88. The number of hydrogen-bond acceptors (Lipinski definition) is 3. The highest BCUT2D eigenvalue weighted by atomic mass is 16.5. The van der Waals surface area contributed by atoms with Gasteiger partial charge in [0, 0.05) is 11.4 Å². The van der Waals surface area contributed by atoms with E-state index >= 15 is 0 Å². The van der Waals surface area contributed by atoms with Crippen molar-refractivity contribution >= 4 is 5.97 Å². The molecule has 0 spiro atoms. The topological polar surface area (TPSA) is 40.5 Å². The third kappa shape index (κ3) is 4.28. The molecule has 0 fully saturated rings. The number of rotatable bonds is 6. The van der Waals surface area contributed by atoms with Gasteiger partial charge in [0.15, 0.2) is 0 Å². The summed E-state index contributed by atoms with van der Waals surface area (Å²) in [7, 11) is 1.66. The van der Waals surface area contributed by atoms with Gasteiger partial charge in [-0.1, -0.05) is 29.8 Å². The van der Waals surface area contributed by atoms with Crippen molar-refractivity contribution in [3.8, 4) is 22.7 Å². The first-order chi connectivity index (χ1) is 13.4. The zero-order valence-corrected chi connectivity index (χ0v) is 17.2. The lowest BCUT2D eigenvalue weighted by Crippen LogP contribution is -2.14. The van der Waals surface area contributed by atoms with Crippen molar-refractivity contribution in [3.05, 3.63) is 71.4 Å². The van der Waals surface area contributed by atoms with E-state index in [-0.39, 0.29) is 18.5 Å². The molecule has 0 amide bonds. The smallest absolute Gasteiger partial charge is 0.310 e. The number of benzene rings is 2. The van der Waals surface area contributed by atoms with Crippen LogP contribution in [0.25, 0.3) is 16.9 Å². The zero-order chi connectivity index (χ0) is 20.3. The van der Waals surface area contributed by atoms with Gasteiger partial charge >= 0.3 is 5.97 Å². The van der Waals surface area contributed by atoms with Crippen LogP contribution >= 0.6 is 0 Å². The molecule has 0 radical (unpaired) electrons. The average Bonchev–Trinajstić information content (AvgIpc) is 2.98. The van der Waals surface area contributed by atoms with E-state index in [4.69, 9.17) is 9.47 Å². The number of hydrogen-bond donors (Lipinski definition) is 0. The molecule has 0 atom stereocenters. The van der Waals surface area contributed by atoms with Crippen LogP contribution in [0.3, 0.4) is 0 Å². The highest BCUT2D eigenvalue weighted by Gasteiger charge is 2.18. The van der Waals surface area contributed by atoms with E-state index in [1.165, 1.54) is 5.56 Å². The van der Waals surface area contributed by atoms with Gasteiger partial charge in [0.1, 0.15) is 5.75 Å².